The summed E-state index contributed by atoms with van der Waals surface area (Å²) in [4.78, 5) is 14.8. The smallest absolute Gasteiger partial charge is 0.345 e. The van der Waals surface area contributed by atoms with Gasteiger partial charge in [0.05, 0.1) is 0 Å². The number of nitrogens with zero attached hydrogens (tertiary/aromatic N) is 1. The number of thiophene rings is 1. The van der Waals surface area contributed by atoms with Crippen molar-refractivity contribution in [1.82, 2.24) is 4.90 Å². The van der Waals surface area contributed by atoms with Crippen molar-refractivity contribution in [3.05, 3.63) is 21.9 Å². The van der Waals surface area contributed by atoms with Crippen LogP contribution in [0.25, 0.3) is 0 Å². The molecule has 94 valence electrons. The van der Waals surface area contributed by atoms with Crippen molar-refractivity contribution in [3.8, 4) is 0 Å². The standard InChI is InChI=1S/C13H19NO2S/c1-9-5-10(2)7-14(6-9)8-11-3-4-12(17-11)13(15)16/h3-4,9-10H,5-8H2,1-2H3,(H,15,16). The SMILES string of the molecule is CC1CC(C)CN(Cc2ccc(C(=O)O)s2)C1. The highest BCUT2D eigenvalue weighted by atomic mass is 32.1. The van der Waals surface area contributed by atoms with Gasteiger partial charge in [0.25, 0.3) is 0 Å². The molecule has 0 saturated carbocycles. The van der Waals surface area contributed by atoms with E-state index in [1.54, 1.807) is 6.07 Å². The Morgan fingerprint density at radius 3 is 2.59 bits per heavy atom. The van der Waals surface area contributed by atoms with Gasteiger partial charge in [-0.25, -0.2) is 4.79 Å². The Balaban J connectivity index is 1.97. The molecule has 0 bridgehead atoms. The molecule has 1 N–H and O–H groups in total. The van der Waals surface area contributed by atoms with Crippen molar-refractivity contribution in [1.29, 1.82) is 0 Å². The molecule has 3 nitrogen and oxygen atoms in total. The summed E-state index contributed by atoms with van der Waals surface area (Å²) in [5.74, 6) is 0.678. The molecule has 17 heavy (non-hydrogen) atoms. The zero-order valence-corrected chi connectivity index (χ0v) is 11.2. The molecular formula is C13H19NO2S. The first-order valence-electron chi connectivity index (χ1n) is 6.09. The molecule has 1 aromatic heterocycles. The van der Waals surface area contributed by atoms with Crippen LogP contribution >= 0.6 is 11.3 Å². The van der Waals surface area contributed by atoms with E-state index in [4.69, 9.17) is 5.11 Å². The summed E-state index contributed by atoms with van der Waals surface area (Å²) in [5.41, 5.74) is 0. The summed E-state index contributed by atoms with van der Waals surface area (Å²) in [7, 11) is 0. The second-order valence-corrected chi connectivity index (χ2v) is 6.38. The second-order valence-electron chi connectivity index (χ2n) is 5.21. The number of aromatic carboxylic acids is 1. The molecule has 4 heteroatoms. The maximum Gasteiger partial charge on any atom is 0.345 e. The number of carboxylic acid groups (broad SMARTS) is 1. The Bertz CT molecular complexity index is 392. The van der Waals surface area contributed by atoms with Gasteiger partial charge in [-0.05, 0) is 30.4 Å². The maximum absolute atomic E-state index is 10.8. The molecule has 0 radical (unpaired) electrons. The van der Waals surface area contributed by atoms with Crippen LogP contribution in [0.5, 0.6) is 0 Å². The summed E-state index contributed by atoms with van der Waals surface area (Å²) < 4.78 is 0. The fraction of sp³-hybridized carbons (Fsp3) is 0.615. The summed E-state index contributed by atoms with van der Waals surface area (Å²) in [6.07, 6.45) is 1.31. The monoisotopic (exact) mass is 253 g/mol. The zero-order valence-electron chi connectivity index (χ0n) is 10.3. The predicted octanol–water partition coefficient (Wildman–Crippen LogP) is 2.92. The lowest BCUT2D eigenvalue weighted by Gasteiger charge is -2.34. The van der Waals surface area contributed by atoms with Gasteiger partial charge in [-0.15, -0.1) is 11.3 Å². The van der Waals surface area contributed by atoms with Gasteiger partial charge in [-0.3, -0.25) is 4.90 Å². The Morgan fingerprint density at radius 2 is 2.06 bits per heavy atom. The van der Waals surface area contributed by atoms with Crippen LogP contribution in [0.1, 0.15) is 34.8 Å². The summed E-state index contributed by atoms with van der Waals surface area (Å²) in [5, 5.41) is 8.88. The molecule has 2 unspecified atom stereocenters. The number of piperidine rings is 1. The fourth-order valence-corrected chi connectivity index (χ4v) is 3.61. The highest BCUT2D eigenvalue weighted by Gasteiger charge is 2.22. The van der Waals surface area contributed by atoms with Gasteiger partial charge in [0.1, 0.15) is 4.88 Å². The average molecular weight is 253 g/mol. The number of rotatable bonds is 3. The average Bonchev–Trinajstić information content (AvgIpc) is 2.64. The van der Waals surface area contributed by atoms with Gasteiger partial charge >= 0.3 is 5.97 Å². The number of hydrogen-bond acceptors (Lipinski definition) is 3. The summed E-state index contributed by atoms with van der Waals surface area (Å²) in [6, 6.07) is 3.65. The molecule has 0 aliphatic carbocycles. The van der Waals surface area contributed by atoms with Crippen LogP contribution in [-0.4, -0.2) is 29.1 Å². The molecule has 2 rings (SSSR count). The van der Waals surface area contributed by atoms with E-state index in [1.165, 1.54) is 17.8 Å². The molecule has 2 heterocycles. The van der Waals surface area contributed by atoms with Gasteiger partial charge < -0.3 is 5.11 Å². The normalized spacial score (nSPS) is 26.0. The molecular weight excluding hydrogens is 234 g/mol. The highest BCUT2D eigenvalue weighted by Crippen LogP contribution is 2.24. The van der Waals surface area contributed by atoms with Crippen molar-refractivity contribution in [2.45, 2.75) is 26.8 Å². The van der Waals surface area contributed by atoms with E-state index in [1.807, 2.05) is 6.07 Å². The van der Waals surface area contributed by atoms with E-state index < -0.39 is 5.97 Å². The van der Waals surface area contributed by atoms with Crippen molar-refractivity contribution < 1.29 is 9.90 Å². The quantitative estimate of drug-likeness (QED) is 0.900. The van der Waals surface area contributed by atoms with Crippen LogP contribution in [-0.2, 0) is 6.54 Å². The minimum absolute atomic E-state index is 0.443. The Hall–Kier alpha value is -0.870. The fourth-order valence-electron chi connectivity index (χ4n) is 2.72. The van der Waals surface area contributed by atoms with Gasteiger partial charge in [0.15, 0.2) is 0 Å². The number of carboxylic acids is 1. The maximum atomic E-state index is 10.8. The van der Waals surface area contributed by atoms with Gasteiger partial charge in [0.2, 0.25) is 0 Å². The van der Waals surface area contributed by atoms with E-state index in [0.29, 0.717) is 4.88 Å². The van der Waals surface area contributed by atoms with Crippen molar-refractivity contribution in [2.24, 2.45) is 11.8 Å². The number of likely N-dealkylation sites (tertiary alicyclic amines) is 1. The number of hydrogen-bond donors (Lipinski definition) is 1. The molecule has 0 aromatic carbocycles. The molecule has 0 amide bonds. The van der Waals surface area contributed by atoms with E-state index in [2.05, 4.69) is 18.7 Å². The van der Waals surface area contributed by atoms with Crippen molar-refractivity contribution in [3.63, 3.8) is 0 Å². The highest BCUT2D eigenvalue weighted by molar-refractivity contribution is 7.13. The third-order valence-corrected chi connectivity index (χ3v) is 4.25. The van der Waals surface area contributed by atoms with Crippen LogP contribution in [0.15, 0.2) is 12.1 Å². The Labute approximate surface area is 106 Å². The molecule has 1 saturated heterocycles. The molecule has 2 atom stereocenters. The second kappa shape index (κ2) is 5.19. The van der Waals surface area contributed by atoms with Crippen LogP contribution in [0.3, 0.4) is 0 Å². The van der Waals surface area contributed by atoms with E-state index in [-0.39, 0.29) is 0 Å². The first-order valence-corrected chi connectivity index (χ1v) is 6.90. The zero-order chi connectivity index (χ0) is 12.4. The van der Waals surface area contributed by atoms with Crippen LogP contribution in [0.4, 0.5) is 0 Å². The minimum Gasteiger partial charge on any atom is -0.477 e. The molecule has 0 spiro atoms. The van der Waals surface area contributed by atoms with Crippen molar-refractivity contribution in [2.75, 3.05) is 13.1 Å². The first kappa shape index (κ1) is 12.6. The lowest BCUT2D eigenvalue weighted by atomic mass is 9.92. The lowest BCUT2D eigenvalue weighted by Crippen LogP contribution is -2.37. The molecule has 1 fully saturated rings. The van der Waals surface area contributed by atoms with E-state index in [0.717, 1.165) is 36.3 Å². The van der Waals surface area contributed by atoms with Gasteiger partial charge in [-0.2, -0.15) is 0 Å². The van der Waals surface area contributed by atoms with Crippen molar-refractivity contribution >= 4 is 17.3 Å². The van der Waals surface area contributed by atoms with Crippen LogP contribution in [0, 0.1) is 11.8 Å². The van der Waals surface area contributed by atoms with Gasteiger partial charge in [0, 0.05) is 24.5 Å². The summed E-state index contributed by atoms with van der Waals surface area (Å²) >= 11 is 1.40. The summed E-state index contributed by atoms with van der Waals surface area (Å²) in [6.45, 7) is 7.74. The van der Waals surface area contributed by atoms with Gasteiger partial charge in [-0.1, -0.05) is 13.8 Å². The lowest BCUT2D eigenvalue weighted by molar-refractivity contribution is 0.0702. The Morgan fingerprint density at radius 1 is 1.41 bits per heavy atom. The minimum atomic E-state index is -0.818. The number of carbonyl (C=O) groups is 1. The Kier molecular flexibility index (Phi) is 3.84. The third kappa shape index (κ3) is 3.30. The van der Waals surface area contributed by atoms with E-state index in [9.17, 15) is 4.79 Å². The first-order chi connectivity index (χ1) is 8.04. The molecule has 1 aliphatic heterocycles. The van der Waals surface area contributed by atoms with Crippen LogP contribution in [0.2, 0.25) is 0 Å². The molecule has 1 aromatic rings. The predicted molar refractivity (Wildman–Crippen MR) is 69.5 cm³/mol. The van der Waals surface area contributed by atoms with Crippen LogP contribution < -0.4 is 0 Å². The van der Waals surface area contributed by atoms with E-state index >= 15 is 0 Å². The third-order valence-electron chi connectivity index (χ3n) is 3.20. The molecule has 1 aliphatic rings. The largest absolute Gasteiger partial charge is 0.477 e. The topological polar surface area (TPSA) is 40.5 Å².